The highest BCUT2D eigenvalue weighted by Gasteiger charge is 2.42. The zero-order chi connectivity index (χ0) is 12.0. The van der Waals surface area contributed by atoms with E-state index in [9.17, 15) is 5.26 Å². The fourth-order valence-corrected chi connectivity index (χ4v) is 3.24. The number of nitrogens with zero attached hydrogens (tertiary/aromatic N) is 1. The number of benzene rings is 1. The summed E-state index contributed by atoms with van der Waals surface area (Å²) in [5, 5.41) is 9.20. The van der Waals surface area contributed by atoms with Crippen LogP contribution in [0.15, 0.2) is 43.0 Å². The lowest BCUT2D eigenvalue weighted by atomic mass is 9.73. The van der Waals surface area contributed by atoms with Crippen LogP contribution in [0.5, 0.6) is 0 Å². The number of hydrogen-bond acceptors (Lipinski definition) is 1. The highest BCUT2D eigenvalue weighted by Crippen LogP contribution is 2.53. The van der Waals surface area contributed by atoms with E-state index in [2.05, 4.69) is 49.9 Å². The summed E-state index contributed by atoms with van der Waals surface area (Å²) in [4.78, 5) is 0. The molecule has 0 amide bonds. The van der Waals surface area contributed by atoms with Gasteiger partial charge < -0.3 is 0 Å². The Morgan fingerprint density at radius 3 is 3.00 bits per heavy atom. The molecule has 1 heteroatoms. The van der Waals surface area contributed by atoms with Crippen LogP contribution in [0.3, 0.4) is 0 Å². The minimum atomic E-state index is -0.0756. The van der Waals surface area contributed by atoms with Gasteiger partial charge in [-0.2, -0.15) is 5.26 Å². The zero-order valence-electron chi connectivity index (χ0n) is 9.98. The van der Waals surface area contributed by atoms with Gasteiger partial charge in [0.1, 0.15) is 0 Å². The SMILES string of the molecule is C=C[C@]1(C)Cc2cccc3c2[C@H]1C=C[C@@H]3C#N. The molecule has 3 atom stereocenters. The molecular weight excluding hydrogens is 206 g/mol. The molecule has 0 N–H and O–H groups in total. The Labute approximate surface area is 102 Å². The van der Waals surface area contributed by atoms with Crippen LogP contribution in [0.4, 0.5) is 0 Å². The third kappa shape index (κ3) is 1.24. The fraction of sp³-hybridized carbons (Fsp3) is 0.312. The van der Waals surface area contributed by atoms with E-state index in [-0.39, 0.29) is 11.3 Å². The molecule has 0 bridgehead atoms. The second-order valence-electron chi connectivity index (χ2n) is 5.28. The molecule has 0 saturated carbocycles. The average Bonchev–Trinajstić information content (AvgIpc) is 2.66. The molecule has 17 heavy (non-hydrogen) atoms. The van der Waals surface area contributed by atoms with E-state index in [0.717, 1.165) is 6.42 Å². The van der Waals surface area contributed by atoms with Gasteiger partial charge in [0.2, 0.25) is 0 Å². The quantitative estimate of drug-likeness (QED) is 0.663. The van der Waals surface area contributed by atoms with Crippen LogP contribution in [0.2, 0.25) is 0 Å². The third-order valence-corrected chi connectivity index (χ3v) is 4.26. The summed E-state index contributed by atoms with van der Waals surface area (Å²) >= 11 is 0. The summed E-state index contributed by atoms with van der Waals surface area (Å²) < 4.78 is 0. The number of hydrogen-bond donors (Lipinski definition) is 0. The zero-order valence-corrected chi connectivity index (χ0v) is 9.98. The first kappa shape index (κ1) is 10.4. The Bertz CT molecular complexity index is 561. The van der Waals surface area contributed by atoms with E-state index in [1.54, 1.807) is 0 Å². The highest BCUT2D eigenvalue weighted by atomic mass is 14.5. The van der Waals surface area contributed by atoms with E-state index in [1.807, 2.05) is 6.08 Å². The predicted octanol–water partition coefficient (Wildman–Crippen LogP) is 3.70. The molecule has 0 saturated heterocycles. The Morgan fingerprint density at radius 1 is 1.47 bits per heavy atom. The van der Waals surface area contributed by atoms with Crippen molar-refractivity contribution in [1.82, 2.24) is 0 Å². The first-order valence-corrected chi connectivity index (χ1v) is 6.03. The van der Waals surface area contributed by atoms with Gasteiger partial charge in [-0.25, -0.2) is 0 Å². The molecule has 0 radical (unpaired) electrons. The molecular formula is C16H15N. The van der Waals surface area contributed by atoms with Gasteiger partial charge in [-0.05, 0) is 28.5 Å². The summed E-state index contributed by atoms with van der Waals surface area (Å²) in [5.74, 6) is 0.323. The molecule has 1 nitrogen and oxygen atoms in total. The summed E-state index contributed by atoms with van der Waals surface area (Å²) in [7, 11) is 0. The topological polar surface area (TPSA) is 23.8 Å². The van der Waals surface area contributed by atoms with Crippen molar-refractivity contribution in [2.75, 3.05) is 0 Å². The van der Waals surface area contributed by atoms with Crippen LogP contribution >= 0.6 is 0 Å². The van der Waals surface area contributed by atoms with Crippen LogP contribution in [-0.4, -0.2) is 0 Å². The fourth-order valence-electron chi connectivity index (χ4n) is 3.24. The van der Waals surface area contributed by atoms with Crippen molar-refractivity contribution in [2.45, 2.75) is 25.2 Å². The van der Waals surface area contributed by atoms with Crippen LogP contribution in [0.1, 0.15) is 35.4 Å². The van der Waals surface area contributed by atoms with Gasteiger partial charge in [0.25, 0.3) is 0 Å². The Hall–Kier alpha value is -1.81. The maximum absolute atomic E-state index is 9.20. The van der Waals surface area contributed by atoms with Crippen LogP contribution in [-0.2, 0) is 6.42 Å². The molecule has 0 heterocycles. The van der Waals surface area contributed by atoms with E-state index in [1.165, 1.54) is 16.7 Å². The van der Waals surface area contributed by atoms with Gasteiger partial charge >= 0.3 is 0 Å². The maximum Gasteiger partial charge on any atom is 0.0896 e. The lowest BCUT2D eigenvalue weighted by Gasteiger charge is -2.29. The normalized spacial score (nSPS) is 32.9. The van der Waals surface area contributed by atoms with Gasteiger partial charge in [0, 0.05) is 5.92 Å². The molecule has 1 aromatic rings. The van der Waals surface area contributed by atoms with Crippen LogP contribution in [0.25, 0.3) is 0 Å². The van der Waals surface area contributed by atoms with Crippen molar-refractivity contribution >= 4 is 0 Å². The van der Waals surface area contributed by atoms with Gasteiger partial charge in [0.05, 0.1) is 12.0 Å². The molecule has 2 aliphatic rings. The summed E-state index contributed by atoms with van der Waals surface area (Å²) in [6.45, 7) is 6.25. The average molecular weight is 221 g/mol. The minimum Gasteiger partial charge on any atom is -0.197 e. The first-order valence-electron chi connectivity index (χ1n) is 6.03. The second kappa shape index (κ2) is 3.34. The monoisotopic (exact) mass is 221 g/mol. The van der Waals surface area contributed by atoms with Crippen molar-refractivity contribution < 1.29 is 0 Å². The van der Waals surface area contributed by atoms with Crippen molar-refractivity contribution in [2.24, 2.45) is 5.41 Å². The maximum atomic E-state index is 9.20. The first-order chi connectivity index (χ1) is 8.19. The molecule has 1 aromatic carbocycles. The van der Waals surface area contributed by atoms with Crippen molar-refractivity contribution in [3.05, 3.63) is 59.7 Å². The molecule has 84 valence electrons. The standard InChI is InChI=1S/C16H15N/c1-3-16(2)9-11-5-4-6-13-12(10-17)7-8-14(16)15(11)13/h3-8,12,14H,1,9H2,2H3/t12-,14-,16-/m1/s1. The molecule has 0 spiro atoms. The number of nitriles is 1. The Kier molecular flexibility index (Phi) is 2.03. The van der Waals surface area contributed by atoms with Gasteiger partial charge in [-0.15, -0.1) is 6.58 Å². The molecule has 0 unspecified atom stereocenters. The smallest absolute Gasteiger partial charge is 0.0896 e. The third-order valence-electron chi connectivity index (χ3n) is 4.26. The van der Waals surface area contributed by atoms with E-state index in [4.69, 9.17) is 0 Å². The molecule has 0 aromatic heterocycles. The number of rotatable bonds is 1. The van der Waals surface area contributed by atoms with Gasteiger partial charge in [-0.1, -0.05) is 43.4 Å². The second-order valence-corrected chi connectivity index (χ2v) is 5.28. The molecule has 0 aliphatic heterocycles. The lowest BCUT2D eigenvalue weighted by molar-refractivity contribution is 0.412. The summed E-state index contributed by atoms with van der Waals surface area (Å²) in [5.41, 5.74) is 4.07. The predicted molar refractivity (Wildman–Crippen MR) is 68.7 cm³/mol. The Balaban J connectivity index is 2.25. The van der Waals surface area contributed by atoms with Gasteiger partial charge in [0.15, 0.2) is 0 Å². The largest absolute Gasteiger partial charge is 0.197 e. The van der Waals surface area contributed by atoms with Crippen molar-refractivity contribution in [1.29, 1.82) is 5.26 Å². The summed E-state index contributed by atoms with van der Waals surface area (Å²) in [6, 6.07) is 8.73. The van der Waals surface area contributed by atoms with E-state index < -0.39 is 0 Å². The van der Waals surface area contributed by atoms with Crippen LogP contribution < -0.4 is 0 Å². The van der Waals surface area contributed by atoms with E-state index >= 15 is 0 Å². The molecule has 3 rings (SSSR count). The van der Waals surface area contributed by atoms with Crippen molar-refractivity contribution in [3.63, 3.8) is 0 Å². The van der Waals surface area contributed by atoms with Crippen LogP contribution in [0, 0.1) is 16.7 Å². The molecule has 0 fully saturated rings. The van der Waals surface area contributed by atoms with E-state index in [0.29, 0.717) is 5.92 Å². The lowest BCUT2D eigenvalue weighted by Crippen LogP contribution is -2.20. The number of allylic oxidation sites excluding steroid dienone is 3. The van der Waals surface area contributed by atoms with Crippen molar-refractivity contribution in [3.8, 4) is 6.07 Å². The Morgan fingerprint density at radius 2 is 2.29 bits per heavy atom. The highest BCUT2D eigenvalue weighted by molar-refractivity contribution is 5.54. The van der Waals surface area contributed by atoms with Gasteiger partial charge in [-0.3, -0.25) is 0 Å². The summed E-state index contributed by atoms with van der Waals surface area (Å²) in [6.07, 6.45) is 7.35. The molecule has 2 aliphatic carbocycles. The minimum absolute atomic E-state index is 0.0756.